The van der Waals surface area contributed by atoms with Crippen LogP contribution in [0, 0.1) is 23.7 Å². The first kappa shape index (κ1) is 7.64. The van der Waals surface area contributed by atoms with E-state index < -0.39 is 0 Å². The standard InChI is InChI=1S/C11H20/c1-8-7-10-5-3-4-6-11(10)9(8)2/h8-11H,3-7H2,1-2H3/t8?,9-,10?,11?/m0/s1. The molecule has 64 valence electrons. The van der Waals surface area contributed by atoms with Crippen LogP contribution >= 0.6 is 0 Å². The van der Waals surface area contributed by atoms with Crippen LogP contribution in [0.2, 0.25) is 0 Å². The first-order valence-electron chi connectivity index (χ1n) is 5.29. The molecule has 0 bridgehead atoms. The van der Waals surface area contributed by atoms with Crippen LogP contribution in [0.4, 0.5) is 0 Å². The van der Waals surface area contributed by atoms with Crippen molar-refractivity contribution < 1.29 is 0 Å². The zero-order chi connectivity index (χ0) is 7.84. The van der Waals surface area contributed by atoms with Gasteiger partial charge in [-0.05, 0) is 36.5 Å². The predicted octanol–water partition coefficient (Wildman–Crippen LogP) is 3.47. The molecule has 0 nitrogen and oxygen atoms in total. The van der Waals surface area contributed by atoms with Gasteiger partial charge in [0, 0.05) is 0 Å². The number of rotatable bonds is 0. The highest BCUT2D eigenvalue weighted by atomic mass is 14.4. The Balaban J connectivity index is 2.05. The average Bonchev–Trinajstić information content (AvgIpc) is 2.30. The van der Waals surface area contributed by atoms with Crippen molar-refractivity contribution in [3.8, 4) is 0 Å². The van der Waals surface area contributed by atoms with E-state index in [2.05, 4.69) is 13.8 Å². The van der Waals surface area contributed by atoms with Gasteiger partial charge < -0.3 is 0 Å². The molecular formula is C11H20. The van der Waals surface area contributed by atoms with Crippen LogP contribution in [-0.4, -0.2) is 0 Å². The lowest BCUT2D eigenvalue weighted by Crippen LogP contribution is -2.17. The van der Waals surface area contributed by atoms with E-state index in [0.29, 0.717) is 0 Å². The summed E-state index contributed by atoms with van der Waals surface area (Å²) in [6.45, 7) is 4.92. The molecule has 0 heterocycles. The van der Waals surface area contributed by atoms with Crippen LogP contribution in [0.5, 0.6) is 0 Å². The van der Waals surface area contributed by atoms with Gasteiger partial charge in [-0.3, -0.25) is 0 Å². The van der Waals surface area contributed by atoms with E-state index in [9.17, 15) is 0 Å². The van der Waals surface area contributed by atoms with Gasteiger partial charge in [-0.1, -0.05) is 33.1 Å². The normalized spacial score (nSPS) is 50.7. The third-order valence-corrected chi connectivity index (χ3v) is 4.22. The molecule has 0 aromatic rings. The van der Waals surface area contributed by atoms with E-state index >= 15 is 0 Å². The first-order valence-corrected chi connectivity index (χ1v) is 5.29. The van der Waals surface area contributed by atoms with Gasteiger partial charge in [0.05, 0.1) is 0 Å². The molecule has 0 N–H and O–H groups in total. The number of hydrogen-bond acceptors (Lipinski definition) is 0. The molecule has 2 fully saturated rings. The van der Waals surface area contributed by atoms with Gasteiger partial charge in [0.2, 0.25) is 0 Å². The second kappa shape index (κ2) is 2.80. The molecule has 0 heteroatoms. The van der Waals surface area contributed by atoms with E-state index in [-0.39, 0.29) is 0 Å². The Labute approximate surface area is 70.4 Å². The number of fused-ring (bicyclic) bond motifs is 1. The van der Waals surface area contributed by atoms with Crippen molar-refractivity contribution in [3.05, 3.63) is 0 Å². The Kier molecular flexibility index (Phi) is 1.95. The predicted molar refractivity (Wildman–Crippen MR) is 48.4 cm³/mol. The first-order chi connectivity index (χ1) is 5.29. The fraction of sp³-hybridized carbons (Fsp3) is 1.00. The Hall–Kier alpha value is 0. The molecule has 2 saturated carbocycles. The second-order valence-electron chi connectivity index (χ2n) is 4.78. The van der Waals surface area contributed by atoms with E-state index in [0.717, 1.165) is 23.7 Å². The molecule has 2 aliphatic rings. The summed E-state index contributed by atoms with van der Waals surface area (Å²) in [7, 11) is 0. The maximum absolute atomic E-state index is 2.47. The van der Waals surface area contributed by atoms with Gasteiger partial charge >= 0.3 is 0 Å². The highest BCUT2D eigenvalue weighted by molar-refractivity contribution is 4.88. The van der Waals surface area contributed by atoms with Gasteiger partial charge in [0.15, 0.2) is 0 Å². The Morgan fingerprint density at radius 1 is 1.00 bits per heavy atom. The summed E-state index contributed by atoms with van der Waals surface area (Å²) < 4.78 is 0. The van der Waals surface area contributed by atoms with Crippen LogP contribution in [-0.2, 0) is 0 Å². The monoisotopic (exact) mass is 152 g/mol. The van der Waals surface area contributed by atoms with Crippen molar-refractivity contribution in [1.29, 1.82) is 0 Å². The fourth-order valence-corrected chi connectivity index (χ4v) is 3.34. The lowest BCUT2D eigenvalue weighted by molar-refractivity contribution is 0.232. The summed E-state index contributed by atoms with van der Waals surface area (Å²) in [4.78, 5) is 0. The van der Waals surface area contributed by atoms with Crippen molar-refractivity contribution >= 4 is 0 Å². The zero-order valence-corrected chi connectivity index (χ0v) is 7.84. The molecular weight excluding hydrogens is 132 g/mol. The van der Waals surface area contributed by atoms with Gasteiger partial charge in [-0.25, -0.2) is 0 Å². The average molecular weight is 152 g/mol. The van der Waals surface area contributed by atoms with Crippen molar-refractivity contribution in [2.24, 2.45) is 23.7 Å². The molecule has 2 rings (SSSR count). The van der Waals surface area contributed by atoms with Gasteiger partial charge in [0.25, 0.3) is 0 Å². The van der Waals surface area contributed by atoms with Crippen LogP contribution in [0.25, 0.3) is 0 Å². The third kappa shape index (κ3) is 1.21. The summed E-state index contributed by atoms with van der Waals surface area (Å²) >= 11 is 0. The largest absolute Gasteiger partial charge is 0.0622 e. The van der Waals surface area contributed by atoms with E-state index in [1.807, 2.05) is 0 Å². The Bertz CT molecular complexity index is 139. The topological polar surface area (TPSA) is 0 Å². The van der Waals surface area contributed by atoms with Gasteiger partial charge in [-0.2, -0.15) is 0 Å². The smallest absolute Gasteiger partial charge is 0.0357 e. The van der Waals surface area contributed by atoms with Crippen LogP contribution in [0.3, 0.4) is 0 Å². The zero-order valence-electron chi connectivity index (χ0n) is 7.84. The lowest BCUT2D eigenvalue weighted by Gasteiger charge is -2.27. The maximum Gasteiger partial charge on any atom is -0.0357 e. The molecule has 0 amide bonds. The van der Waals surface area contributed by atoms with Crippen molar-refractivity contribution in [1.82, 2.24) is 0 Å². The van der Waals surface area contributed by atoms with E-state index in [4.69, 9.17) is 0 Å². The Morgan fingerprint density at radius 2 is 1.73 bits per heavy atom. The number of hydrogen-bond donors (Lipinski definition) is 0. The van der Waals surface area contributed by atoms with Crippen LogP contribution in [0.15, 0.2) is 0 Å². The SMILES string of the molecule is CC1CC2CCCCC2[C@H]1C. The van der Waals surface area contributed by atoms with E-state index in [1.165, 1.54) is 25.7 Å². The Morgan fingerprint density at radius 3 is 2.45 bits per heavy atom. The van der Waals surface area contributed by atoms with Gasteiger partial charge in [0.1, 0.15) is 0 Å². The summed E-state index contributed by atoms with van der Waals surface area (Å²) in [5.74, 6) is 4.27. The molecule has 0 aromatic heterocycles. The second-order valence-corrected chi connectivity index (χ2v) is 4.78. The molecule has 11 heavy (non-hydrogen) atoms. The highest BCUT2D eigenvalue weighted by Gasteiger charge is 2.38. The summed E-state index contributed by atoms with van der Waals surface area (Å²) in [5.41, 5.74) is 0. The minimum Gasteiger partial charge on any atom is -0.0622 e. The quantitative estimate of drug-likeness (QED) is 0.498. The molecule has 2 aliphatic carbocycles. The maximum atomic E-state index is 2.47. The third-order valence-electron chi connectivity index (χ3n) is 4.22. The summed E-state index contributed by atoms with van der Waals surface area (Å²) in [5, 5.41) is 0. The van der Waals surface area contributed by atoms with E-state index in [1.54, 1.807) is 6.42 Å². The van der Waals surface area contributed by atoms with Crippen molar-refractivity contribution in [3.63, 3.8) is 0 Å². The van der Waals surface area contributed by atoms with Crippen molar-refractivity contribution in [2.75, 3.05) is 0 Å². The van der Waals surface area contributed by atoms with Crippen LogP contribution < -0.4 is 0 Å². The molecule has 0 spiro atoms. The van der Waals surface area contributed by atoms with Crippen LogP contribution in [0.1, 0.15) is 46.0 Å². The van der Waals surface area contributed by atoms with Gasteiger partial charge in [-0.15, -0.1) is 0 Å². The molecule has 3 unspecified atom stereocenters. The summed E-state index contributed by atoms with van der Waals surface area (Å²) in [6.07, 6.45) is 7.64. The minimum atomic E-state index is 1.02. The minimum absolute atomic E-state index is 1.02. The molecule has 0 aromatic carbocycles. The fourth-order valence-electron chi connectivity index (χ4n) is 3.34. The molecule has 4 atom stereocenters. The molecule has 0 radical (unpaired) electrons. The summed E-state index contributed by atoms with van der Waals surface area (Å²) in [6, 6.07) is 0. The molecule has 0 aliphatic heterocycles. The highest BCUT2D eigenvalue weighted by Crippen LogP contribution is 2.48. The molecule has 0 saturated heterocycles. The van der Waals surface area contributed by atoms with Crippen molar-refractivity contribution in [2.45, 2.75) is 46.0 Å². The lowest BCUT2D eigenvalue weighted by atomic mass is 9.78.